The highest BCUT2D eigenvalue weighted by atomic mass is 32.2. The normalized spacial score (nSPS) is 15.7. The van der Waals surface area contributed by atoms with Crippen molar-refractivity contribution in [3.05, 3.63) is 36.2 Å². The van der Waals surface area contributed by atoms with Crippen molar-refractivity contribution in [2.75, 3.05) is 31.1 Å². The minimum Gasteiger partial charge on any atom is -0.337 e. The van der Waals surface area contributed by atoms with Gasteiger partial charge in [0.25, 0.3) is 0 Å². The first-order chi connectivity index (χ1) is 9.42. The lowest BCUT2D eigenvalue weighted by molar-refractivity contribution is 0.580. The largest absolute Gasteiger partial charge is 0.337 e. The molecule has 1 aliphatic rings. The third-order valence-corrected chi connectivity index (χ3v) is 4.06. The van der Waals surface area contributed by atoms with Crippen LogP contribution in [0.25, 0.3) is 0 Å². The summed E-state index contributed by atoms with van der Waals surface area (Å²) in [5.74, 6) is 2.58. The van der Waals surface area contributed by atoms with Gasteiger partial charge in [0.05, 0.1) is 5.75 Å². The van der Waals surface area contributed by atoms with Crippen molar-refractivity contribution in [3.8, 4) is 0 Å². The highest BCUT2D eigenvalue weighted by Crippen LogP contribution is 2.21. The maximum Gasteiger partial charge on any atom is 0.244 e. The van der Waals surface area contributed by atoms with Crippen molar-refractivity contribution in [2.24, 2.45) is 0 Å². The van der Waals surface area contributed by atoms with Crippen LogP contribution in [0, 0.1) is 0 Å². The first-order valence-corrected chi connectivity index (χ1v) is 7.45. The predicted molar refractivity (Wildman–Crippen MR) is 77.5 cm³/mol. The van der Waals surface area contributed by atoms with Crippen LogP contribution in [0.4, 0.5) is 5.95 Å². The van der Waals surface area contributed by atoms with Gasteiger partial charge in [-0.25, -0.2) is 0 Å². The number of H-pyrrole nitrogens is 1. The maximum atomic E-state index is 4.56. The Morgan fingerprint density at radius 3 is 2.74 bits per heavy atom. The Hall–Kier alpha value is -1.53. The van der Waals surface area contributed by atoms with E-state index in [1.165, 1.54) is 4.90 Å². The number of nitrogens with one attached hydrogen (secondary N) is 2. The summed E-state index contributed by atoms with van der Waals surface area (Å²) in [7, 11) is 0. The van der Waals surface area contributed by atoms with Gasteiger partial charge in [-0.3, -0.25) is 5.10 Å². The molecule has 1 aromatic heterocycles. The summed E-state index contributed by atoms with van der Waals surface area (Å²) in [5.41, 5.74) is 0. The maximum absolute atomic E-state index is 4.56. The molecule has 5 nitrogen and oxygen atoms in total. The van der Waals surface area contributed by atoms with Crippen LogP contribution < -0.4 is 10.2 Å². The average molecular weight is 275 g/mol. The molecule has 19 heavy (non-hydrogen) atoms. The Kier molecular flexibility index (Phi) is 4.00. The Morgan fingerprint density at radius 2 is 1.95 bits per heavy atom. The third kappa shape index (κ3) is 3.27. The van der Waals surface area contributed by atoms with E-state index in [-0.39, 0.29) is 0 Å². The van der Waals surface area contributed by atoms with Crippen molar-refractivity contribution >= 4 is 17.7 Å². The van der Waals surface area contributed by atoms with E-state index in [2.05, 4.69) is 49.7 Å². The molecule has 100 valence electrons. The quantitative estimate of drug-likeness (QED) is 0.828. The van der Waals surface area contributed by atoms with E-state index < -0.39 is 0 Å². The van der Waals surface area contributed by atoms with Gasteiger partial charge in [0.2, 0.25) is 5.95 Å². The molecular weight excluding hydrogens is 258 g/mol. The number of piperazine rings is 1. The number of hydrogen-bond donors (Lipinski definition) is 2. The second-order valence-corrected chi connectivity index (χ2v) is 5.47. The fraction of sp³-hybridized carbons (Fsp3) is 0.385. The molecule has 2 aromatic rings. The van der Waals surface area contributed by atoms with Gasteiger partial charge < -0.3 is 10.2 Å². The smallest absolute Gasteiger partial charge is 0.244 e. The molecule has 3 rings (SSSR count). The van der Waals surface area contributed by atoms with Crippen LogP contribution in [-0.2, 0) is 5.75 Å². The van der Waals surface area contributed by atoms with Crippen molar-refractivity contribution in [2.45, 2.75) is 10.6 Å². The van der Waals surface area contributed by atoms with Crippen LogP contribution in [0.2, 0.25) is 0 Å². The van der Waals surface area contributed by atoms with Crippen molar-refractivity contribution in [1.29, 1.82) is 0 Å². The molecule has 0 atom stereocenters. The molecule has 1 saturated heterocycles. The van der Waals surface area contributed by atoms with E-state index in [0.717, 1.165) is 43.7 Å². The molecule has 0 unspecified atom stereocenters. The van der Waals surface area contributed by atoms with E-state index in [1.807, 2.05) is 6.07 Å². The summed E-state index contributed by atoms with van der Waals surface area (Å²) in [6, 6.07) is 10.3. The summed E-state index contributed by atoms with van der Waals surface area (Å²) in [6.45, 7) is 3.96. The van der Waals surface area contributed by atoms with Crippen LogP contribution >= 0.6 is 11.8 Å². The molecule has 0 amide bonds. The number of aromatic nitrogens is 3. The average Bonchev–Trinajstić information content (AvgIpc) is 2.96. The van der Waals surface area contributed by atoms with Crippen LogP contribution in [0.1, 0.15) is 5.82 Å². The lowest BCUT2D eigenvalue weighted by Crippen LogP contribution is -2.44. The predicted octanol–water partition coefficient (Wildman–Crippen LogP) is 1.51. The van der Waals surface area contributed by atoms with E-state index in [0.29, 0.717) is 0 Å². The van der Waals surface area contributed by atoms with Gasteiger partial charge in [-0.05, 0) is 12.1 Å². The Morgan fingerprint density at radius 1 is 1.16 bits per heavy atom. The van der Waals surface area contributed by atoms with Gasteiger partial charge in [-0.15, -0.1) is 16.9 Å². The third-order valence-electron chi connectivity index (χ3n) is 3.04. The zero-order valence-corrected chi connectivity index (χ0v) is 11.5. The Bertz CT molecular complexity index is 507. The van der Waals surface area contributed by atoms with E-state index >= 15 is 0 Å². The van der Waals surface area contributed by atoms with Crippen molar-refractivity contribution in [1.82, 2.24) is 20.5 Å². The van der Waals surface area contributed by atoms with Crippen molar-refractivity contribution in [3.63, 3.8) is 0 Å². The number of hydrogen-bond acceptors (Lipinski definition) is 5. The monoisotopic (exact) mass is 275 g/mol. The molecular formula is C13H17N5S. The summed E-state index contributed by atoms with van der Waals surface area (Å²) >= 11 is 1.77. The van der Waals surface area contributed by atoms with Gasteiger partial charge >= 0.3 is 0 Å². The van der Waals surface area contributed by atoms with Crippen LogP contribution in [0.5, 0.6) is 0 Å². The van der Waals surface area contributed by atoms with E-state index in [1.54, 1.807) is 11.8 Å². The molecule has 6 heteroatoms. The Balaban J connectivity index is 1.58. The van der Waals surface area contributed by atoms with Crippen molar-refractivity contribution < 1.29 is 0 Å². The fourth-order valence-electron chi connectivity index (χ4n) is 2.02. The SMILES string of the molecule is c1ccc(SCc2nc(N3CCNCC3)n[nH]2)cc1. The molecule has 1 aliphatic heterocycles. The second-order valence-electron chi connectivity index (χ2n) is 4.42. The highest BCUT2D eigenvalue weighted by molar-refractivity contribution is 7.98. The summed E-state index contributed by atoms with van der Waals surface area (Å²) in [4.78, 5) is 8.02. The topological polar surface area (TPSA) is 56.8 Å². The minimum absolute atomic E-state index is 0.823. The van der Waals surface area contributed by atoms with Gasteiger partial charge in [-0.1, -0.05) is 18.2 Å². The molecule has 0 bridgehead atoms. The molecule has 0 radical (unpaired) electrons. The van der Waals surface area contributed by atoms with Gasteiger partial charge in [-0.2, -0.15) is 4.98 Å². The fourth-order valence-corrected chi connectivity index (χ4v) is 2.81. The number of benzene rings is 1. The molecule has 1 fully saturated rings. The Labute approximate surface area is 116 Å². The number of aromatic amines is 1. The molecule has 0 spiro atoms. The number of nitrogens with zero attached hydrogens (tertiary/aromatic N) is 3. The van der Waals surface area contributed by atoms with Crippen LogP contribution in [0.3, 0.4) is 0 Å². The van der Waals surface area contributed by atoms with E-state index in [9.17, 15) is 0 Å². The zero-order valence-electron chi connectivity index (χ0n) is 10.7. The molecule has 2 N–H and O–H groups in total. The van der Waals surface area contributed by atoms with Crippen LogP contribution in [0.15, 0.2) is 35.2 Å². The molecule has 2 heterocycles. The zero-order chi connectivity index (χ0) is 12.9. The first kappa shape index (κ1) is 12.5. The summed E-state index contributed by atoms with van der Waals surface area (Å²) in [6.07, 6.45) is 0. The molecule has 1 aromatic carbocycles. The van der Waals surface area contributed by atoms with Gasteiger partial charge in [0.15, 0.2) is 0 Å². The minimum atomic E-state index is 0.823. The second kappa shape index (κ2) is 6.08. The molecule has 0 aliphatic carbocycles. The van der Waals surface area contributed by atoms with Crippen LogP contribution in [-0.4, -0.2) is 41.4 Å². The number of rotatable bonds is 4. The summed E-state index contributed by atoms with van der Waals surface area (Å²) in [5, 5.41) is 10.7. The molecule has 0 saturated carbocycles. The highest BCUT2D eigenvalue weighted by Gasteiger charge is 2.14. The lowest BCUT2D eigenvalue weighted by Gasteiger charge is -2.25. The standard InChI is InChI=1S/C13H17N5S/c1-2-4-11(5-3-1)19-10-12-15-13(17-16-12)18-8-6-14-7-9-18/h1-5,14H,6-10H2,(H,15,16,17). The number of thioether (sulfide) groups is 1. The first-order valence-electron chi connectivity index (χ1n) is 6.46. The van der Waals surface area contributed by atoms with Gasteiger partial charge in [0, 0.05) is 31.1 Å². The number of anilines is 1. The summed E-state index contributed by atoms with van der Waals surface area (Å²) < 4.78 is 0. The lowest BCUT2D eigenvalue weighted by atomic mass is 10.4. The van der Waals surface area contributed by atoms with Gasteiger partial charge in [0.1, 0.15) is 5.82 Å². The van der Waals surface area contributed by atoms with E-state index in [4.69, 9.17) is 0 Å².